The largest absolute Gasteiger partial charge is 0.416 e. The number of likely N-dealkylation sites (tertiary alicyclic amines) is 1. The molecule has 1 aromatic carbocycles. The molecule has 0 bridgehead atoms. The molecule has 4 nitrogen and oxygen atoms in total. The van der Waals surface area contributed by atoms with E-state index < -0.39 is 11.7 Å². The van der Waals surface area contributed by atoms with Gasteiger partial charge in [0.15, 0.2) is 0 Å². The zero-order valence-electron chi connectivity index (χ0n) is 14.2. The van der Waals surface area contributed by atoms with Gasteiger partial charge in [-0.05, 0) is 49.1 Å². The van der Waals surface area contributed by atoms with Crippen molar-refractivity contribution in [2.75, 3.05) is 18.4 Å². The van der Waals surface area contributed by atoms with Crippen LogP contribution in [-0.2, 0) is 12.7 Å². The zero-order chi connectivity index (χ0) is 18.6. The molecular formula is C19H20F3N3O. The zero-order valence-corrected chi connectivity index (χ0v) is 14.2. The maximum atomic E-state index is 12.7. The third-order valence-corrected chi connectivity index (χ3v) is 4.41. The Hall–Kier alpha value is -2.57. The fraction of sp³-hybridized carbons (Fsp3) is 0.368. The van der Waals surface area contributed by atoms with Crippen LogP contribution < -0.4 is 5.32 Å². The maximum absolute atomic E-state index is 12.7. The van der Waals surface area contributed by atoms with E-state index in [2.05, 4.69) is 10.3 Å². The van der Waals surface area contributed by atoms with Crippen LogP contribution in [0.4, 0.5) is 19.0 Å². The molecule has 1 saturated heterocycles. The van der Waals surface area contributed by atoms with Gasteiger partial charge < -0.3 is 10.2 Å². The van der Waals surface area contributed by atoms with Gasteiger partial charge in [0.25, 0.3) is 5.91 Å². The summed E-state index contributed by atoms with van der Waals surface area (Å²) >= 11 is 0. The summed E-state index contributed by atoms with van der Waals surface area (Å²) in [5, 5.41) is 2.88. The van der Waals surface area contributed by atoms with Gasteiger partial charge in [-0.15, -0.1) is 0 Å². The molecule has 0 unspecified atom stereocenters. The number of nitrogens with zero attached hydrogens (tertiary/aromatic N) is 2. The Balaban J connectivity index is 1.60. The van der Waals surface area contributed by atoms with Crippen molar-refractivity contribution >= 4 is 11.7 Å². The van der Waals surface area contributed by atoms with Crippen LogP contribution in [0.15, 0.2) is 42.6 Å². The van der Waals surface area contributed by atoms with E-state index in [1.165, 1.54) is 0 Å². The SMILES string of the molecule is O=C(c1ccc(CNc2cc(C(F)(F)F)ccn2)cc1)N1CCCCC1. The van der Waals surface area contributed by atoms with E-state index in [1.807, 2.05) is 4.90 Å². The van der Waals surface area contributed by atoms with Crippen LogP contribution in [0.5, 0.6) is 0 Å². The highest BCUT2D eigenvalue weighted by atomic mass is 19.4. The molecule has 1 N–H and O–H groups in total. The molecule has 1 amide bonds. The van der Waals surface area contributed by atoms with Gasteiger partial charge in [0.05, 0.1) is 5.56 Å². The smallest absolute Gasteiger partial charge is 0.366 e. The molecular weight excluding hydrogens is 343 g/mol. The molecule has 0 aliphatic carbocycles. The fourth-order valence-electron chi connectivity index (χ4n) is 2.94. The Morgan fingerprint density at radius 2 is 1.77 bits per heavy atom. The first-order valence-electron chi connectivity index (χ1n) is 8.59. The van der Waals surface area contributed by atoms with E-state index in [4.69, 9.17) is 0 Å². The number of benzene rings is 1. The van der Waals surface area contributed by atoms with E-state index in [-0.39, 0.29) is 11.7 Å². The predicted molar refractivity (Wildman–Crippen MR) is 92.8 cm³/mol. The van der Waals surface area contributed by atoms with E-state index >= 15 is 0 Å². The van der Waals surface area contributed by atoms with Crippen LogP contribution in [0.25, 0.3) is 0 Å². The first-order valence-corrected chi connectivity index (χ1v) is 8.59. The summed E-state index contributed by atoms with van der Waals surface area (Å²) in [6.07, 6.45) is -0.0190. The molecule has 26 heavy (non-hydrogen) atoms. The fourth-order valence-corrected chi connectivity index (χ4v) is 2.94. The summed E-state index contributed by atoms with van der Waals surface area (Å²) in [5.41, 5.74) is 0.754. The van der Waals surface area contributed by atoms with Crippen molar-refractivity contribution in [3.8, 4) is 0 Å². The highest BCUT2D eigenvalue weighted by molar-refractivity contribution is 5.94. The third-order valence-electron chi connectivity index (χ3n) is 4.41. The maximum Gasteiger partial charge on any atom is 0.416 e. The second-order valence-electron chi connectivity index (χ2n) is 6.33. The topological polar surface area (TPSA) is 45.2 Å². The third kappa shape index (κ3) is 4.53. The molecule has 0 spiro atoms. The first kappa shape index (κ1) is 18.2. The average molecular weight is 363 g/mol. The number of anilines is 1. The van der Waals surface area contributed by atoms with Crippen LogP contribution >= 0.6 is 0 Å². The number of halogens is 3. The standard InChI is InChI=1S/C19H20F3N3O/c20-19(21,22)16-8-9-23-17(12-16)24-13-14-4-6-15(7-5-14)18(26)25-10-2-1-3-11-25/h4-9,12H,1-3,10-11,13H2,(H,23,24). The van der Waals surface area contributed by atoms with Crippen LogP contribution in [0.1, 0.15) is 40.7 Å². The number of rotatable bonds is 4. The van der Waals surface area contributed by atoms with Crippen molar-refractivity contribution < 1.29 is 18.0 Å². The van der Waals surface area contributed by atoms with Crippen LogP contribution in [0.2, 0.25) is 0 Å². The molecule has 0 radical (unpaired) electrons. The first-order chi connectivity index (χ1) is 12.4. The van der Waals surface area contributed by atoms with E-state index in [9.17, 15) is 18.0 Å². The molecule has 0 atom stereocenters. The summed E-state index contributed by atoms with van der Waals surface area (Å²) in [5.74, 6) is 0.192. The normalized spacial score (nSPS) is 15.0. The lowest BCUT2D eigenvalue weighted by Crippen LogP contribution is -2.35. The van der Waals surface area contributed by atoms with Crippen LogP contribution in [0.3, 0.4) is 0 Å². The molecule has 2 aromatic rings. The monoisotopic (exact) mass is 363 g/mol. The Morgan fingerprint density at radius 1 is 1.08 bits per heavy atom. The lowest BCUT2D eigenvalue weighted by Gasteiger charge is -2.26. The molecule has 1 aromatic heterocycles. The van der Waals surface area contributed by atoms with Crippen molar-refractivity contribution in [3.05, 3.63) is 59.3 Å². The van der Waals surface area contributed by atoms with Crippen molar-refractivity contribution in [2.45, 2.75) is 32.0 Å². The van der Waals surface area contributed by atoms with E-state index in [1.54, 1.807) is 24.3 Å². The minimum Gasteiger partial charge on any atom is -0.366 e. The number of amides is 1. The van der Waals surface area contributed by atoms with Gasteiger partial charge in [0, 0.05) is 31.4 Å². The summed E-state index contributed by atoms with van der Waals surface area (Å²) in [7, 11) is 0. The molecule has 1 aliphatic rings. The number of pyridine rings is 1. The van der Waals surface area contributed by atoms with Gasteiger partial charge in [0.2, 0.25) is 0 Å². The average Bonchev–Trinajstić information content (AvgIpc) is 2.66. The second-order valence-corrected chi connectivity index (χ2v) is 6.33. The Kier molecular flexibility index (Phi) is 5.44. The van der Waals surface area contributed by atoms with Crippen LogP contribution in [-0.4, -0.2) is 28.9 Å². The number of aromatic nitrogens is 1. The number of nitrogens with one attached hydrogen (secondary N) is 1. The number of hydrogen-bond donors (Lipinski definition) is 1. The molecule has 1 fully saturated rings. The minimum atomic E-state index is -4.39. The minimum absolute atomic E-state index is 0.0313. The van der Waals surface area contributed by atoms with Gasteiger partial charge in [-0.1, -0.05) is 12.1 Å². The second kappa shape index (κ2) is 7.76. The van der Waals surface area contributed by atoms with Gasteiger partial charge in [-0.3, -0.25) is 4.79 Å². The van der Waals surface area contributed by atoms with E-state index in [0.717, 1.165) is 56.2 Å². The van der Waals surface area contributed by atoms with E-state index in [0.29, 0.717) is 12.1 Å². The molecule has 138 valence electrons. The van der Waals surface area contributed by atoms with Gasteiger partial charge in [0.1, 0.15) is 5.82 Å². The number of piperidine rings is 1. The number of carbonyl (C=O) groups excluding carboxylic acids is 1. The van der Waals surface area contributed by atoms with Gasteiger partial charge >= 0.3 is 6.18 Å². The summed E-state index contributed by atoms with van der Waals surface area (Å²) in [4.78, 5) is 18.2. The molecule has 1 aliphatic heterocycles. The molecule has 0 saturated carbocycles. The van der Waals surface area contributed by atoms with Crippen molar-refractivity contribution in [3.63, 3.8) is 0 Å². The number of carbonyl (C=O) groups is 1. The highest BCUT2D eigenvalue weighted by Gasteiger charge is 2.30. The number of hydrogen-bond acceptors (Lipinski definition) is 3. The van der Waals surface area contributed by atoms with Gasteiger partial charge in [-0.25, -0.2) is 4.98 Å². The Bertz CT molecular complexity index is 753. The predicted octanol–water partition coefficient (Wildman–Crippen LogP) is 4.34. The number of alkyl halides is 3. The van der Waals surface area contributed by atoms with Gasteiger partial charge in [-0.2, -0.15) is 13.2 Å². The Morgan fingerprint density at radius 3 is 2.42 bits per heavy atom. The lowest BCUT2D eigenvalue weighted by atomic mass is 10.1. The van der Waals surface area contributed by atoms with Crippen LogP contribution in [0, 0.1) is 0 Å². The highest BCUT2D eigenvalue weighted by Crippen LogP contribution is 2.30. The molecule has 7 heteroatoms. The summed E-state index contributed by atoms with van der Waals surface area (Å²) in [6.45, 7) is 1.92. The molecule has 3 rings (SSSR count). The summed E-state index contributed by atoms with van der Waals surface area (Å²) in [6, 6.07) is 9.04. The van der Waals surface area contributed by atoms with Crippen molar-refractivity contribution in [2.24, 2.45) is 0 Å². The summed E-state index contributed by atoms with van der Waals surface area (Å²) < 4.78 is 38.1. The molecule has 2 heterocycles. The van der Waals surface area contributed by atoms with Crippen molar-refractivity contribution in [1.82, 2.24) is 9.88 Å². The lowest BCUT2D eigenvalue weighted by molar-refractivity contribution is -0.137. The quantitative estimate of drug-likeness (QED) is 0.879. The van der Waals surface area contributed by atoms with Crippen molar-refractivity contribution in [1.29, 1.82) is 0 Å². The Labute approximate surface area is 150 Å².